The standard InChI is InChI=1S/C15H14ClFN6O3S2/c1-7-15(27-8(2)20-7)28(24,25)19-6-12-13(23-26-22-12)14(18)21-9-3-4-11(17)10(16)5-9/h3-5,19H,6H2,1-2H3,(H2,18,21). The Kier molecular flexibility index (Phi) is 5.74. The molecule has 0 aliphatic carbocycles. The second kappa shape index (κ2) is 7.91. The topological polar surface area (TPSA) is 134 Å². The Morgan fingerprint density at radius 2 is 2.11 bits per heavy atom. The van der Waals surface area contributed by atoms with Crippen LogP contribution in [0, 0.1) is 25.1 Å². The van der Waals surface area contributed by atoms with Crippen molar-refractivity contribution in [3.63, 3.8) is 0 Å². The van der Waals surface area contributed by atoms with Crippen LogP contribution in [0.2, 0.25) is 5.02 Å². The summed E-state index contributed by atoms with van der Waals surface area (Å²) >= 11 is 6.77. The van der Waals surface area contributed by atoms with Gasteiger partial charge in [0, 0.05) is 5.69 Å². The molecular weight excluding hydrogens is 431 g/mol. The van der Waals surface area contributed by atoms with E-state index in [4.69, 9.17) is 17.0 Å². The molecule has 3 aromatic rings. The van der Waals surface area contributed by atoms with Crippen molar-refractivity contribution in [3.8, 4) is 0 Å². The number of halogens is 2. The smallest absolute Gasteiger partial charge is 0.252 e. The summed E-state index contributed by atoms with van der Waals surface area (Å²) in [4.78, 5) is 4.10. The van der Waals surface area contributed by atoms with E-state index >= 15 is 0 Å². The fourth-order valence-electron chi connectivity index (χ4n) is 2.28. The van der Waals surface area contributed by atoms with Gasteiger partial charge in [0.15, 0.2) is 15.7 Å². The largest absolute Gasteiger partial charge is 0.339 e. The number of aromatic nitrogens is 3. The minimum atomic E-state index is -3.81. The number of rotatable bonds is 6. The van der Waals surface area contributed by atoms with E-state index in [0.717, 1.165) is 17.4 Å². The van der Waals surface area contributed by atoms with E-state index < -0.39 is 15.8 Å². The van der Waals surface area contributed by atoms with E-state index in [0.29, 0.717) is 16.4 Å². The summed E-state index contributed by atoms with van der Waals surface area (Å²) < 4.78 is 45.3. The normalized spacial score (nSPS) is 11.6. The molecule has 0 radical (unpaired) electrons. The van der Waals surface area contributed by atoms with Gasteiger partial charge < -0.3 is 5.32 Å². The number of sulfonamides is 1. The Bertz CT molecular complexity index is 1140. The number of benzene rings is 1. The minimum absolute atomic E-state index is 0.000328. The molecule has 13 heteroatoms. The third kappa shape index (κ3) is 4.35. The highest BCUT2D eigenvalue weighted by Gasteiger charge is 2.23. The molecule has 1 aromatic carbocycles. The molecule has 0 spiro atoms. The molecule has 9 nitrogen and oxygen atoms in total. The van der Waals surface area contributed by atoms with Crippen molar-refractivity contribution >= 4 is 44.5 Å². The summed E-state index contributed by atoms with van der Waals surface area (Å²) in [5.74, 6) is -0.812. The number of nitrogens with zero attached hydrogens (tertiary/aromatic N) is 3. The van der Waals surface area contributed by atoms with Crippen molar-refractivity contribution in [2.45, 2.75) is 24.6 Å². The molecule has 0 amide bonds. The van der Waals surface area contributed by atoms with Crippen LogP contribution in [0.25, 0.3) is 0 Å². The fourth-order valence-corrected chi connectivity index (χ4v) is 4.98. The molecule has 0 unspecified atom stereocenters. The number of anilines is 1. The van der Waals surface area contributed by atoms with Gasteiger partial charge in [-0.05, 0) is 37.2 Å². The van der Waals surface area contributed by atoms with Gasteiger partial charge in [-0.25, -0.2) is 27.1 Å². The zero-order valence-corrected chi connectivity index (χ0v) is 17.0. The third-order valence-electron chi connectivity index (χ3n) is 3.52. The van der Waals surface area contributed by atoms with Crippen LogP contribution in [0.5, 0.6) is 0 Å². The molecular formula is C15H14ClFN6O3S2. The Hall–Kier alpha value is -2.41. The van der Waals surface area contributed by atoms with Crippen LogP contribution in [-0.2, 0) is 16.6 Å². The SMILES string of the molecule is Cc1nc(C)c(S(=O)(=O)NCc2nonc2C(=N)Nc2ccc(F)c(Cl)c2)s1. The predicted molar refractivity (Wildman–Crippen MR) is 102 cm³/mol. The highest BCUT2D eigenvalue weighted by Crippen LogP contribution is 2.23. The molecule has 3 N–H and O–H groups in total. The number of hydrogen-bond donors (Lipinski definition) is 3. The number of aryl methyl sites for hydroxylation is 2. The lowest BCUT2D eigenvalue weighted by molar-refractivity contribution is 0.302. The molecule has 0 aliphatic heterocycles. The van der Waals surface area contributed by atoms with Crippen LogP contribution in [0.4, 0.5) is 10.1 Å². The van der Waals surface area contributed by atoms with Crippen molar-refractivity contribution in [3.05, 3.63) is 51.1 Å². The lowest BCUT2D eigenvalue weighted by Crippen LogP contribution is -2.25. The first-order valence-electron chi connectivity index (χ1n) is 7.73. The summed E-state index contributed by atoms with van der Waals surface area (Å²) in [5.41, 5.74) is 0.853. The second-order valence-corrected chi connectivity index (χ2v) is 9.19. The van der Waals surface area contributed by atoms with Gasteiger partial charge in [-0.2, -0.15) is 0 Å². The van der Waals surface area contributed by atoms with Crippen LogP contribution >= 0.6 is 22.9 Å². The van der Waals surface area contributed by atoms with Crippen LogP contribution in [-0.4, -0.2) is 29.6 Å². The Morgan fingerprint density at radius 1 is 1.36 bits per heavy atom. The van der Waals surface area contributed by atoms with Crippen molar-refractivity contribution in [2.24, 2.45) is 0 Å². The van der Waals surface area contributed by atoms with Crippen molar-refractivity contribution in [1.29, 1.82) is 5.41 Å². The Morgan fingerprint density at radius 3 is 2.75 bits per heavy atom. The molecule has 0 fully saturated rings. The maximum absolute atomic E-state index is 13.2. The van der Waals surface area contributed by atoms with Crippen molar-refractivity contribution in [1.82, 2.24) is 20.0 Å². The maximum Gasteiger partial charge on any atom is 0.252 e. The van der Waals surface area contributed by atoms with E-state index in [9.17, 15) is 12.8 Å². The van der Waals surface area contributed by atoms with Crippen LogP contribution in [0.15, 0.2) is 27.0 Å². The van der Waals surface area contributed by atoms with E-state index in [1.54, 1.807) is 13.8 Å². The summed E-state index contributed by atoms with van der Waals surface area (Å²) in [6, 6.07) is 3.84. The number of hydrogen-bond acceptors (Lipinski definition) is 8. The van der Waals surface area contributed by atoms with Crippen LogP contribution in [0.1, 0.15) is 22.1 Å². The van der Waals surface area contributed by atoms with Gasteiger partial charge in [0.1, 0.15) is 11.5 Å². The molecule has 0 atom stereocenters. The van der Waals surface area contributed by atoms with E-state index in [2.05, 4.69) is 30.0 Å². The highest BCUT2D eigenvalue weighted by molar-refractivity contribution is 7.91. The molecule has 3 rings (SSSR count). The monoisotopic (exact) mass is 444 g/mol. The van der Waals surface area contributed by atoms with Crippen LogP contribution < -0.4 is 10.0 Å². The molecule has 2 heterocycles. The minimum Gasteiger partial charge on any atom is -0.339 e. The number of nitrogens with one attached hydrogen (secondary N) is 3. The van der Waals surface area contributed by atoms with E-state index in [-0.39, 0.29) is 33.0 Å². The molecule has 2 aromatic heterocycles. The molecule has 0 aliphatic rings. The number of amidine groups is 1. The van der Waals surface area contributed by atoms with Gasteiger partial charge in [-0.15, -0.1) is 11.3 Å². The lowest BCUT2D eigenvalue weighted by atomic mass is 10.2. The first-order valence-corrected chi connectivity index (χ1v) is 10.4. The first-order chi connectivity index (χ1) is 13.2. The molecule has 148 valence electrons. The summed E-state index contributed by atoms with van der Waals surface area (Å²) in [6.45, 7) is 3.07. The van der Waals surface area contributed by atoms with Crippen molar-refractivity contribution < 1.29 is 17.4 Å². The highest BCUT2D eigenvalue weighted by atomic mass is 35.5. The van der Waals surface area contributed by atoms with Gasteiger partial charge in [0.25, 0.3) is 10.0 Å². The predicted octanol–water partition coefficient (Wildman–Crippen LogP) is 2.85. The quantitative estimate of drug-likeness (QED) is 0.393. The zero-order valence-electron chi connectivity index (χ0n) is 14.6. The first kappa shape index (κ1) is 20.3. The van der Waals surface area contributed by atoms with Crippen LogP contribution in [0.3, 0.4) is 0 Å². The average Bonchev–Trinajstić information content (AvgIpc) is 3.22. The van der Waals surface area contributed by atoms with Gasteiger partial charge in [-0.3, -0.25) is 5.41 Å². The second-order valence-electron chi connectivity index (χ2n) is 5.62. The fraction of sp³-hybridized carbons (Fsp3) is 0.200. The van der Waals surface area contributed by atoms with Gasteiger partial charge in [0.2, 0.25) is 0 Å². The lowest BCUT2D eigenvalue weighted by Gasteiger charge is -2.08. The zero-order chi connectivity index (χ0) is 20.5. The van der Waals surface area contributed by atoms with Gasteiger partial charge in [0.05, 0.1) is 22.3 Å². The van der Waals surface area contributed by atoms with E-state index in [1.807, 2.05) is 0 Å². The van der Waals surface area contributed by atoms with Gasteiger partial charge in [-0.1, -0.05) is 16.8 Å². The van der Waals surface area contributed by atoms with Crippen molar-refractivity contribution in [2.75, 3.05) is 5.32 Å². The average molecular weight is 445 g/mol. The maximum atomic E-state index is 13.2. The molecule has 0 saturated carbocycles. The van der Waals surface area contributed by atoms with E-state index in [1.165, 1.54) is 12.1 Å². The molecule has 0 bridgehead atoms. The Labute approximate surface area is 168 Å². The summed E-state index contributed by atoms with van der Waals surface area (Å²) in [7, 11) is -3.81. The third-order valence-corrected chi connectivity index (χ3v) is 6.89. The molecule has 0 saturated heterocycles. The number of thiazole rings is 1. The summed E-state index contributed by atoms with van der Waals surface area (Å²) in [5, 5.41) is 18.6. The summed E-state index contributed by atoms with van der Waals surface area (Å²) in [6.07, 6.45) is 0. The Balaban J connectivity index is 1.73. The molecule has 28 heavy (non-hydrogen) atoms. The van der Waals surface area contributed by atoms with Gasteiger partial charge >= 0.3 is 0 Å².